The minimum Gasteiger partial charge on any atom is -0.497 e. The van der Waals surface area contributed by atoms with Crippen LogP contribution < -0.4 is 9.47 Å². The summed E-state index contributed by atoms with van der Waals surface area (Å²) < 4.78 is 16.7. The van der Waals surface area contributed by atoms with Gasteiger partial charge in [-0.3, -0.25) is 4.79 Å². The summed E-state index contributed by atoms with van der Waals surface area (Å²) in [7, 11) is 1.64. The highest BCUT2D eigenvalue weighted by Crippen LogP contribution is 2.66. The lowest BCUT2D eigenvalue weighted by atomic mass is 9.43. The second kappa shape index (κ2) is 7.89. The molecule has 0 spiro atoms. The first-order chi connectivity index (χ1) is 15.0. The Balaban J connectivity index is 1.24. The summed E-state index contributed by atoms with van der Waals surface area (Å²) in [5.41, 5.74) is 2.55. The van der Waals surface area contributed by atoms with Crippen molar-refractivity contribution in [1.82, 2.24) is 0 Å². The van der Waals surface area contributed by atoms with E-state index < -0.39 is 0 Å². The number of esters is 1. The highest BCUT2D eigenvalue weighted by molar-refractivity contribution is 5.78. The first-order valence-corrected chi connectivity index (χ1v) is 11.5. The first kappa shape index (κ1) is 20.4. The zero-order valence-corrected chi connectivity index (χ0v) is 18.6. The van der Waals surface area contributed by atoms with Crippen molar-refractivity contribution in [3.63, 3.8) is 0 Å². The third kappa shape index (κ3) is 3.81. The number of hydrogen-bond acceptors (Lipinski definition) is 4. The van der Waals surface area contributed by atoms with Gasteiger partial charge in [0.2, 0.25) is 0 Å². The van der Waals surface area contributed by atoms with Crippen LogP contribution in [0, 0.1) is 24.2 Å². The molecule has 4 aliphatic carbocycles. The molecule has 4 bridgehead atoms. The van der Waals surface area contributed by atoms with Gasteiger partial charge in [0.1, 0.15) is 24.7 Å². The van der Waals surface area contributed by atoms with Crippen molar-refractivity contribution in [3.8, 4) is 11.5 Å². The van der Waals surface area contributed by atoms with Gasteiger partial charge >= 0.3 is 5.97 Å². The van der Waals surface area contributed by atoms with Crippen LogP contribution >= 0.6 is 0 Å². The van der Waals surface area contributed by atoms with Crippen LogP contribution in [-0.4, -0.2) is 26.3 Å². The van der Waals surface area contributed by atoms with E-state index in [2.05, 4.69) is 31.2 Å². The van der Waals surface area contributed by atoms with Crippen molar-refractivity contribution in [3.05, 3.63) is 59.7 Å². The summed E-state index contributed by atoms with van der Waals surface area (Å²) in [4.78, 5) is 13.3. The van der Waals surface area contributed by atoms with Crippen LogP contribution in [0.3, 0.4) is 0 Å². The molecule has 0 saturated heterocycles. The summed E-state index contributed by atoms with van der Waals surface area (Å²) in [6.07, 6.45) is 6.66. The van der Waals surface area contributed by atoms with E-state index in [0.717, 1.165) is 30.8 Å². The minimum absolute atomic E-state index is 0.00332. The molecule has 2 aromatic carbocycles. The molecule has 4 heteroatoms. The summed E-state index contributed by atoms with van der Waals surface area (Å²) in [5.74, 6) is 2.83. The van der Waals surface area contributed by atoms with Gasteiger partial charge in [0.05, 0.1) is 12.5 Å². The fourth-order valence-electron chi connectivity index (χ4n) is 6.87. The molecule has 2 aromatic rings. The SMILES string of the molecule is COc1ccc(OCCOC(=O)C23CC4CC(C2)CC(c2ccc(C)cc2)(C4)C3)cc1. The maximum atomic E-state index is 13.3. The Morgan fingerprint density at radius 1 is 0.903 bits per heavy atom. The molecule has 0 heterocycles. The van der Waals surface area contributed by atoms with Crippen LogP contribution in [0.25, 0.3) is 0 Å². The monoisotopic (exact) mass is 420 g/mol. The third-order valence-electron chi connectivity index (χ3n) is 7.80. The van der Waals surface area contributed by atoms with Gasteiger partial charge in [-0.05, 0) is 92.5 Å². The fourth-order valence-corrected chi connectivity index (χ4v) is 6.87. The summed E-state index contributed by atoms with van der Waals surface area (Å²) in [6.45, 7) is 2.79. The quantitative estimate of drug-likeness (QED) is 0.440. The van der Waals surface area contributed by atoms with Crippen molar-refractivity contribution < 1.29 is 19.0 Å². The second-order valence-corrected chi connectivity index (χ2v) is 10.0. The van der Waals surface area contributed by atoms with Crippen molar-refractivity contribution in [1.29, 1.82) is 0 Å². The first-order valence-electron chi connectivity index (χ1n) is 11.5. The zero-order chi connectivity index (χ0) is 21.5. The van der Waals surface area contributed by atoms with Crippen molar-refractivity contribution in [2.45, 2.75) is 50.9 Å². The van der Waals surface area contributed by atoms with Crippen molar-refractivity contribution in [2.24, 2.45) is 17.3 Å². The van der Waals surface area contributed by atoms with Gasteiger partial charge in [-0.15, -0.1) is 0 Å². The molecule has 0 aromatic heterocycles. The van der Waals surface area contributed by atoms with E-state index in [4.69, 9.17) is 14.2 Å². The van der Waals surface area contributed by atoms with E-state index in [-0.39, 0.29) is 16.8 Å². The fraction of sp³-hybridized carbons (Fsp3) is 0.519. The standard InChI is InChI=1S/C27H32O4/c1-19-3-5-22(6-4-19)26-14-20-13-21(15-26)17-27(16-20,18-26)25(28)31-12-11-30-24-9-7-23(29-2)8-10-24/h3-10,20-21H,11-18H2,1-2H3. The predicted molar refractivity (Wildman–Crippen MR) is 119 cm³/mol. The Kier molecular flexibility index (Phi) is 5.19. The van der Waals surface area contributed by atoms with Gasteiger partial charge in [0.25, 0.3) is 0 Å². The smallest absolute Gasteiger partial charge is 0.312 e. The molecule has 4 fully saturated rings. The zero-order valence-electron chi connectivity index (χ0n) is 18.6. The van der Waals surface area contributed by atoms with Gasteiger partial charge in [-0.1, -0.05) is 29.8 Å². The molecule has 0 radical (unpaired) electrons. The molecule has 2 atom stereocenters. The topological polar surface area (TPSA) is 44.8 Å². The van der Waals surface area contributed by atoms with Gasteiger partial charge in [0.15, 0.2) is 0 Å². The molecule has 4 aliphatic rings. The highest BCUT2D eigenvalue weighted by atomic mass is 16.6. The van der Waals surface area contributed by atoms with Gasteiger partial charge < -0.3 is 14.2 Å². The highest BCUT2D eigenvalue weighted by Gasteiger charge is 2.61. The van der Waals surface area contributed by atoms with E-state index in [1.54, 1.807) is 7.11 Å². The molecule has 6 rings (SSSR count). The van der Waals surface area contributed by atoms with E-state index in [9.17, 15) is 4.79 Å². The molecule has 164 valence electrons. The van der Waals surface area contributed by atoms with Crippen molar-refractivity contribution >= 4 is 5.97 Å². The number of methoxy groups -OCH3 is 1. The van der Waals surface area contributed by atoms with E-state index in [1.165, 1.54) is 30.4 Å². The van der Waals surface area contributed by atoms with Crippen LogP contribution in [0.4, 0.5) is 0 Å². The number of carbonyl (C=O) groups excluding carboxylic acids is 1. The average molecular weight is 421 g/mol. The van der Waals surface area contributed by atoms with Crippen LogP contribution in [0.1, 0.15) is 49.7 Å². The number of ether oxygens (including phenoxy) is 3. The Morgan fingerprint density at radius 2 is 1.55 bits per heavy atom. The number of hydrogen-bond donors (Lipinski definition) is 0. The van der Waals surface area contributed by atoms with Crippen LogP contribution in [-0.2, 0) is 14.9 Å². The van der Waals surface area contributed by atoms with Crippen LogP contribution in [0.2, 0.25) is 0 Å². The molecular weight excluding hydrogens is 388 g/mol. The maximum Gasteiger partial charge on any atom is 0.312 e. The van der Waals surface area contributed by atoms with Gasteiger partial charge in [-0.25, -0.2) is 0 Å². The Hall–Kier alpha value is -2.49. The van der Waals surface area contributed by atoms with E-state index in [0.29, 0.717) is 25.0 Å². The lowest BCUT2D eigenvalue weighted by Crippen LogP contribution is -2.57. The number of rotatable bonds is 7. The van der Waals surface area contributed by atoms with E-state index in [1.807, 2.05) is 24.3 Å². The Morgan fingerprint density at radius 3 is 2.19 bits per heavy atom. The lowest BCUT2D eigenvalue weighted by Gasteiger charge is -2.61. The van der Waals surface area contributed by atoms with Crippen LogP contribution in [0.5, 0.6) is 11.5 Å². The molecular formula is C27H32O4. The Labute approximate surface area is 184 Å². The molecule has 0 amide bonds. The third-order valence-corrected chi connectivity index (χ3v) is 7.80. The molecule has 4 nitrogen and oxygen atoms in total. The van der Waals surface area contributed by atoms with Crippen molar-refractivity contribution in [2.75, 3.05) is 20.3 Å². The summed E-state index contributed by atoms with van der Waals surface area (Å²) in [5, 5.41) is 0. The van der Waals surface area contributed by atoms with Gasteiger partial charge in [0, 0.05) is 0 Å². The van der Waals surface area contributed by atoms with Crippen LogP contribution in [0.15, 0.2) is 48.5 Å². The maximum absolute atomic E-state index is 13.3. The largest absolute Gasteiger partial charge is 0.497 e. The number of carbonyl (C=O) groups is 1. The Bertz CT molecular complexity index is 917. The molecule has 0 N–H and O–H groups in total. The number of benzene rings is 2. The van der Waals surface area contributed by atoms with E-state index >= 15 is 0 Å². The predicted octanol–water partition coefficient (Wildman–Crippen LogP) is 5.46. The minimum atomic E-state index is -0.310. The van der Waals surface area contributed by atoms with Gasteiger partial charge in [-0.2, -0.15) is 0 Å². The normalized spacial score (nSPS) is 30.8. The molecule has 31 heavy (non-hydrogen) atoms. The molecule has 0 aliphatic heterocycles. The molecule has 4 saturated carbocycles. The number of aryl methyl sites for hydroxylation is 1. The molecule has 2 unspecified atom stereocenters. The lowest BCUT2D eigenvalue weighted by molar-refractivity contribution is -0.174. The average Bonchev–Trinajstić information content (AvgIpc) is 2.76. The summed E-state index contributed by atoms with van der Waals surface area (Å²) in [6, 6.07) is 16.5. The summed E-state index contributed by atoms with van der Waals surface area (Å²) >= 11 is 0. The second-order valence-electron chi connectivity index (χ2n) is 10.0.